The lowest BCUT2D eigenvalue weighted by Crippen LogP contribution is -2.39. The van der Waals surface area contributed by atoms with Crippen LogP contribution >= 0.6 is 0 Å². The van der Waals surface area contributed by atoms with Gasteiger partial charge in [0.15, 0.2) is 5.82 Å². The highest BCUT2D eigenvalue weighted by atomic mass is 32.2. The highest BCUT2D eigenvalue weighted by molar-refractivity contribution is 7.89. The molecular formula is C11H22N4O3S. The van der Waals surface area contributed by atoms with E-state index in [2.05, 4.69) is 5.10 Å². The summed E-state index contributed by atoms with van der Waals surface area (Å²) in [4.78, 5) is 0.0832. The van der Waals surface area contributed by atoms with Crippen LogP contribution in [0, 0.1) is 6.92 Å². The fraction of sp³-hybridized carbons (Fsp3) is 0.727. The molecule has 1 heterocycles. The number of hydrogen-bond donors (Lipinski definition) is 1. The van der Waals surface area contributed by atoms with E-state index in [1.54, 1.807) is 14.0 Å². The van der Waals surface area contributed by atoms with Gasteiger partial charge in [-0.05, 0) is 20.8 Å². The van der Waals surface area contributed by atoms with Crippen molar-refractivity contribution in [1.82, 2.24) is 14.1 Å². The average molecular weight is 290 g/mol. The standard InChI is InChI=1S/C11H22N4O3S/c1-8(2)15(6-7-18-5)19(16,17)10-9(3)14(4)13-11(10)12/h8H,6-7H2,1-5H3,(H2,12,13). The molecule has 19 heavy (non-hydrogen) atoms. The maximum atomic E-state index is 12.7. The summed E-state index contributed by atoms with van der Waals surface area (Å²) in [7, 11) is -0.465. The molecule has 0 fully saturated rings. The Morgan fingerprint density at radius 3 is 2.42 bits per heavy atom. The molecule has 0 aromatic carbocycles. The Kier molecular flexibility index (Phi) is 4.94. The van der Waals surface area contributed by atoms with E-state index < -0.39 is 10.0 Å². The SMILES string of the molecule is COCCN(C(C)C)S(=O)(=O)c1c(N)nn(C)c1C. The second-order valence-electron chi connectivity index (χ2n) is 4.63. The van der Waals surface area contributed by atoms with Crippen LogP contribution < -0.4 is 5.73 Å². The lowest BCUT2D eigenvalue weighted by atomic mass is 10.4. The number of aromatic nitrogens is 2. The number of sulfonamides is 1. The summed E-state index contributed by atoms with van der Waals surface area (Å²) in [6.07, 6.45) is 0. The molecule has 1 aromatic heterocycles. The molecule has 0 bridgehead atoms. The monoisotopic (exact) mass is 290 g/mol. The van der Waals surface area contributed by atoms with Gasteiger partial charge < -0.3 is 10.5 Å². The molecule has 0 spiro atoms. The van der Waals surface area contributed by atoms with Gasteiger partial charge in [0, 0.05) is 26.7 Å². The van der Waals surface area contributed by atoms with Gasteiger partial charge in [-0.15, -0.1) is 0 Å². The third-order valence-corrected chi connectivity index (χ3v) is 5.20. The second-order valence-corrected chi connectivity index (χ2v) is 6.45. The fourth-order valence-electron chi connectivity index (χ4n) is 1.89. The van der Waals surface area contributed by atoms with E-state index in [1.807, 2.05) is 13.8 Å². The maximum Gasteiger partial charge on any atom is 0.248 e. The summed E-state index contributed by atoms with van der Waals surface area (Å²) < 4.78 is 33.1. The van der Waals surface area contributed by atoms with E-state index in [0.717, 1.165) is 0 Å². The van der Waals surface area contributed by atoms with Gasteiger partial charge >= 0.3 is 0 Å². The van der Waals surface area contributed by atoms with Crippen LogP contribution in [0.15, 0.2) is 4.90 Å². The number of rotatable bonds is 6. The van der Waals surface area contributed by atoms with E-state index in [0.29, 0.717) is 12.3 Å². The van der Waals surface area contributed by atoms with Crippen molar-refractivity contribution in [3.8, 4) is 0 Å². The first kappa shape index (κ1) is 15.9. The van der Waals surface area contributed by atoms with Gasteiger partial charge in [0.1, 0.15) is 4.90 Å². The van der Waals surface area contributed by atoms with Crippen molar-refractivity contribution >= 4 is 15.8 Å². The van der Waals surface area contributed by atoms with Crippen LogP contribution in [-0.4, -0.2) is 48.8 Å². The molecule has 0 saturated heterocycles. The third kappa shape index (κ3) is 3.07. The van der Waals surface area contributed by atoms with Crippen LogP contribution in [0.3, 0.4) is 0 Å². The Morgan fingerprint density at radius 1 is 1.47 bits per heavy atom. The molecule has 110 valence electrons. The number of ether oxygens (including phenoxy) is 1. The van der Waals surface area contributed by atoms with Gasteiger partial charge in [-0.3, -0.25) is 4.68 Å². The van der Waals surface area contributed by atoms with Crippen LogP contribution in [0.5, 0.6) is 0 Å². The summed E-state index contributed by atoms with van der Waals surface area (Å²) in [6, 6.07) is -0.181. The van der Waals surface area contributed by atoms with Crippen LogP contribution in [-0.2, 0) is 21.8 Å². The van der Waals surface area contributed by atoms with E-state index in [4.69, 9.17) is 10.5 Å². The predicted molar refractivity (Wildman–Crippen MR) is 73.3 cm³/mol. The Labute approximate surface area is 114 Å². The summed E-state index contributed by atoms with van der Waals surface area (Å²) in [5.74, 6) is 0.0306. The molecule has 2 N–H and O–H groups in total. The molecular weight excluding hydrogens is 268 g/mol. The van der Waals surface area contributed by atoms with Crippen molar-refractivity contribution < 1.29 is 13.2 Å². The minimum Gasteiger partial charge on any atom is -0.383 e. The largest absolute Gasteiger partial charge is 0.383 e. The van der Waals surface area contributed by atoms with E-state index in [-0.39, 0.29) is 23.3 Å². The van der Waals surface area contributed by atoms with E-state index >= 15 is 0 Å². The number of anilines is 1. The first-order valence-electron chi connectivity index (χ1n) is 6.03. The Bertz CT molecular complexity index is 536. The lowest BCUT2D eigenvalue weighted by Gasteiger charge is -2.25. The Balaban J connectivity index is 3.27. The minimum atomic E-state index is -3.67. The van der Waals surface area contributed by atoms with Gasteiger partial charge in [0.25, 0.3) is 0 Å². The fourth-order valence-corrected chi connectivity index (χ4v) is 3.80. The topological polar surface area (TPSA) is 90.4 Å². The smallest absolute Gasteiger partial charge is 0.248 e. The van der Waals surface area contributed by atoms with E-state index in [9.17, 15) is 8.42 Å². The molecule has 0 unspecified atom stereocenters. The van der Waals surface area contributed by atoms with Crippen molar-refractivity contribution in [2.45, 2.75) is 31.7 Å². The predicted octanol–water partition coefficient (Wildman–Crippen LogP) is 0.356. The number of nitrogens with zero attached hydrogens (tertiary/aromatic N) is 3. The molecule has 0 aliphatic carbocycles. The molecule has 0 amide bonds. The van der Waals surface area contributed by atoms with E-state index in [1.165, 1.54) is 16.1 Å². The molecule has 8 heteroatoms. The second kappa shape index (κ2) is 5.89. The zero-order valence-electron chi connectivity index (χ0n) is 12.0. The lowest BCUT2D eigenvalue weighted by molar-refractivity contribution is 0.171. The van der Waals surface area contributed by atoms with Crippen LogP contribution in [0.2, 0.25) is 0 Å². The van der Waals surface area contributed by atoms with Gasteiger partial charge in [-0.25, -0.2) is 8.42 Å². The molecule has 1 rings (SSSR count). The van der Waals surface area contributed by atoms with Gasteiger partial charge in [0.05, 0.1) is 12.3 Å². The molecule has 0 radical (unpaired) electrons. The van der Waals surface area contributed by atoms with Crippen molar-refractivity contribution in [2.75, 3.05) is 26.0 Å². The Hall–Kier alpha value is -1.12. The van der Waals surface area contributed by atoms with Crippen molar-refractivity contribution in [1.29, 1.82) is 0 Å². The molecule has 1 aromatic rings. The van der Waals surface area contributed by atoms with Crippen molar-refractivity contribution in [2.24, 2.45) is 7.05 Å². The van der Waals surface area contributed by atoms with Crippen LogP contribution in [0.4, 0.5) is 5.82 Å². The highest BCUT2D eigenvalue weighted by Crippen LogP contribution is 2.26. The summed E-state index contributed by atoms with van der Waals surface area (Å²) in [5, 5.41) is 3.96. The molecule has 0 atom stereocenters. The summed E-state index contributed by atoms with van der Waals surface area (Å²) in [6.45, 7) is 5.93. The van der Waals surface area contributed by atoms with Crippen LogP contribution in [0.25, 0.3) is 0 Å². The molecule has 0 saturated carbocycles. The minimum absolute atomic E-state index is 0.0306. The van der Waals surface area contributed by atoms with Crippen LogP contribution in [0.1, 0.15) is 19.5 Å². The number of nitrogen functional groups attached to an aromatic ring is 1. The zero-order chi connectivity index (χ0) is 14.8. The van der Waals surface area contributed by atoms with Gasteiger partial charge in [-0.1, -0.05) is 0 Å². The quantitative estimate of drug-likeness (QED) is 0.816. The first-order chi connectivity index (χ1) is 8.73. The summed E-state index contributed by atoms with van der Waals surface area (Å²) in [5.41, 5.74) is 6.25. The molecule has 0 aliphatic rings. The maximum absolute atomic E-state index is 12.7. The van der Waals surface area contributed by atoms with Crippen molar-refractivity contribution in [3.63, 3.8) is 0 Å². The number of nitrogens with two attached hydrogens (primary N) is 1. The van der Waals surface area contributed by atoms with Gasteiger partial charge in [0.2, 0.25) is 10.0 Å². The highest BCUT2D eigenvalue weighted by Gasteiger charge is 2.32. The number of aryl methyl sites for hydroxylation is 1. The normalized spacial score (nSPS) is 12.6. The van der Waals surface area contributed by atoms with Crippen molar-refractivity contribution in [3.05, 3.63) is 5.69 Å². The van der Waals surface area contributed by atoms with Gasteiger partial charge in [-0.2, -0.15) is 9.40 Å². The molecule has 0 aliphatic heterocycles. The number of methoxy groups -OCH3 is 1. The number of hydrogen-bond acceptors (Lipinski definition) is 5. The zero-order valence-corrected chi connectivity index (χ0v) is 12.9. The third-order valence-electron chi connectivity index (χ3n) is 2.96. The summed E-state index contributed by atoms with van der Waals surface area (Å²) >= 11 is 0. The first-order valence-corrected chi connectivity index (χ1v) is 7.47. The molecule has 7 nitrogen and oxygen atoms in total. The Morgan fingerprint density at radius 2 is 2.05 bits per heavy atom. The average Bonchev–Trinajstić information content (AvgIpc) is 2.52.